The number of likely N-dealkylation sites (tertiary alicyclic amines) is 1. The van der Waals surface area contributed by atoms with Gasteiger partial charge in [0.1, 0.15) is 5.54 Å². The molecule has 3 amide bonds. The fraction of sp³-hybridized carbons (Fsp3) is 0.882. The molecule has 0 unspecified atom stereocenters. The van der Waals surface area contributed by atoms with Gasteiger partial charge < -0.3 is 15.0 Å². The summed E-state index contributed by atoms with van der Waals surface area (Å²) in [5.41, 5.74) is -0.766. The molecule has 3 saturated heterocycles. The zero-order valence-corrected chi connectivity index (χ0v) is 14.9. The zero-order chi connectivity index (χ0) is 17.2. The number of hydrogen-bond acceptors (Lipinski definition) is 5. The summed E-state index contributed by atoms with van der Waals surface area (Å²) in [5.74, 6) is 0.561. The molecule has 0 saturated carbocycles. The third kappa shape index (κ3) is 4.07. The van der Waals surface area contributed by atoms with E-state index in [9.17, 15) is 9.59 Å². The molecule has 136 valence electrons. The molecule has 3 aliphatic heterocycles. The van der Waals surface area contributed by atoms with Gasteiger partial charge in [-0.15, -0.1) is 0 Å². The molecule has 0 aromatic heterocycles. The lowest BCUT2D eigenvalue weighted by Gasteiger charge is -2.37. The molecule has 24 heavy (non-hydrogen) atoms. The first-order chi connectivity index (χ1) is 11.5. The van der Waals surface area contributed by atoms with Crippen LogP contribution >= 0.6 is 0 Å². The third-order valence-electron chi connectivity index (χ3n) is 5.31. The highest BCUT2D eigenvalue weighted by atomic mass is 16.5. The highest BCUT2D eigenvalue weighted by Crippen LogP contribution is 2.20. The molecule has 0 aromatic rings. The van der Waals surface area contributed by atoms with E-state index in [0.717, 1.165) is 52.5 Å². The van der Waals surface area contributed by atoms with Gasteiger partial charge in [-0.25, -0.2) is 4.79 Å². The van der Waals surface area contributed by atoms with Crippen LogP contribution in [0.4, 0.5) is 4.79 Å². The molecule has 0 radical (unpaired) electrons. The Morgan fingerprint density at radius 1 is 1.12 bits per heavy atom. The molecular formula is C17H30N4O3. The number of nitrogens with zero attached hydrogens (tertiary/aromatic N) is 3. The number of urea groups is 1. The second-order valence-corrected chi connectivity index (χ2v) is 7.73. The van der Waals surface area contributed by atoms with Crippen molar-refractivity contribution < 1.29 is 14.3 Å². The first-order valence-electron chi connectivity index (χ1n) is 9.12. The summed E-state index contributed by atoms with van der Waals surface area (Å²) in [7, 11) is 0. The van der Waals surface area contributed by atoms with Gasteiger partial charge in [0.05, 0.1) is 13.2 Å². The molecule has 3 rings (SSSR count). The Bertz CT molecular complexity index is 476. The highest BCUT2D eigenvalue weighted by molar-refractivity contribution is 6.06. The molecule has 3 heterocycles. The molecule has 7 nitrogen and oxygen atoms in total. The van der Waals surface area contributed by atoms with Gasteiger partial charge in [-0.2, -0.15) is 0 Å². The largest absolute Gasteiger partial charge is 0.379 e. The third-order valence-corrected chi connectivity index (χ3v) is 5.31. The minimum absolute atomic E-state index is 0.116. The van der Waals surface area contributed by atoms with E-state index in [1.165, 1.54) is 17.7 Å². The summed E-state index contributed by atoms with van der Waals surface area (Å²) < 4.78 is 5.42. The van der Waals surface area contributed by atoms with Gasteiger partial charge in [0.2, 0.25) is 0 Å². The monoisotopic (exact) mass is 338 g/mol. The molecular weight excluding hydrogens is 308 g/mol. The topological polar surface area (TPSA) is 65.1 Å². The second-order valence-electron chi connectivity index (χ2n) is 7.73. The van der Waals surface area contributed by atoms with Crippen LogP contribution in [0.15, 0.2) is 0 Å². The number of carbonyl (C=O) groups is 2. The van der Waals surface area contributed by atoms with E-state index in [1.54, 1.807) is 13.8 Å². The van der Waals surface area contributed by atoms with E-state index in [4.69, 9.17) is 4.74 Å². The van der Waals surface area contributed by atoms with E-state index in [2.05, 4.69) is 15.1 Å². The number of ether oxygens (including phenoxy) is 1. The number of nitrogens with one attached hydrogen (secondary N) is 1. The van der Waals surface area contributed by atoms with Gasteiger partial charge in [-0.3, -0.25) is 14.6 Å². The van der Waals surface area contributed by atoms with Crippen molar-refractivity contribution in [2.45, 2.75) is 32.2 Å². The molecule has 0 bridgehead atoms. The van der Waals surface area contributed by atoms with Crippen LogP contribution in [0.3, 0.4) is 0 Å². The van der Waals surface area contributed by atoms with Gasteiger partial charge >= 0.3 is 6.03 Å². The Morgan fingerprint density at radius 2 is 1.88 bits per heavy atom. The minimum atomic E-state index is -0.766. The summed E-state index contributed by atoms with van der Waals surface area (Å²) in [6.45, 7) is 11.8. The summed E-state index contributed by atoms with van der Waals surface area (Å²) in [5, 5.41) is 2.74. The summed E-state index contributed by atoms with van der Waals surface area (Å²) in [6, 6.07) is -0.258. The fourth-order valence-electron chi connectivity index (χ4n) is 3.91. The predicted octanol–water partition coefficient (Wildman–Crippen LogP) is 0.361. The number of hydrogen-bond donors (Lipinski definition) is 1. The molecule has 1 N–H and O–H groups in total. The van der Waals surface area contributed by atoms with Crippen LogP contribution < -0.4 is 5.32 Å². The molecule has 3 aliphatic rings. The summed E-state index contributed by atoms with van der Waals surface area (Å²) in [4.78, 5) is 30.5. The molecule has 7 heteroatoms. The SMILES string of the molecule is CC1(C)NC(=O)N(CCN2CCC[C@H](CN3CCOCC3)C2)C1=O. The van der Waals surface area contributed by atoms with Crippen LogP contribution in [0.25, 0.3) is 0 Å². The van der Waals surface area contributed by atoms with Crippen LogP contribution in [0.2, 0.25) is 0 Å². The molecule has 0 spiro atoms. The van der Waals surface area contributed by atoms with Crippen molar-refractivity contribution in [3.8, 4) is 0 Å². The highest BCUT2D eigenvalue weighted by Gasteiger charge is 2.44. The number of imide groups is 1. The van der Waals surface area contributed by atoms with Crippen LogP contribution in [-0.2, 0) is 9.53 Å². The van der Waals surface area contributed by atoms with Crippen molar-refractivity contribution in [2.24, 2.45) is 5.92 Å². The number of amides is 3. The zero-order valence-electron chi connectivity index (χ0n) is 14.9. The Balaban J connectivity index is 1.45. The summed E-state index contributed by atoms with van der Waals surface area (Å²) >= 11 is 0. The fourth-order valence-corrected chi connectivity index (χ4v) is 3.91. The van der Waals surface area contributed by atoms with Gasteiger partial charge in [-0.1, -0.05) is 0 Å². The van der Waals surface area contributed by atoms with Crippen molar-refractivity contribution in [1.82, 2.24) is 20.0 Å². The van der Waals surface area contributed by atoms with Gasteiger partial charge in [0, 0.05) is 39.3 Å². The van der Waals surface area contributed by atoms with Crippen molar-refractivity contribution in [2.75, 3.05) is 59.0 Å². The summed E-state index contributed by atoms with van der Waals surface area (Å²) in [6.07, 6.45) is 2.46. The predicted molar refractivity (Wildman–Crippen MR) is 90.7 cm³/mol. The van der Waals surface area contributed by atoms with Gasteiger partial charge in [0.25, 0.3) is 5.91 Å². The maximum Gasteiger partial charge on any atom is 0.325 e. The molecule has 0 aromatic carbocycles. The normalized spacial score (nSPS) is 29.1. The Kier molecular flexibility index (Phi) is 5.42. The number of morpholine rings is 1. The maximum atomic E-state index is 12.2. The van der Waals surface area contributed by atoms with E-state index in [0.29, 0.717) is 12.5 Å². The average molecular weight is 338 g/mol. The lowest BCUT2D eigenvalue weighted by atomic mass is 9.97. The number of carbonyl (C=O) groups excluding carboxylic acids is 2. The van der Waals surface area contributed by atoms with Crippen LogP contribution in [0.5, 0.6) is 0 Å². The van der Waals surface area contributed by atoms with Crippen LogP contribution in [0.1, 0.15) is 26.7 Å². The van der Waals surface area contributed by atoms with Gasteiger partial charge in [-0.05, 0) is 39.2 Å². The van der Waals surface area contributed by atoms with Crippen molar-refractivity contribution >= 4 is 11.9 Å². The number of piperidine rings is 1. The Hall–Kier alpha value is -1.18. The average Bonchev–Trinajstić information content (AvgIpc) is 2.75. The Morgan fingerprint density at radius 3 is 2.54 bits per heavy atom. The van der Waals surface area contributed by atoms with Crippen LogP contribution in [-0.4, -0.2) is 91.2 Å². The lowest BCUT2D eigenvalue weighted by molar-refractivity contribution is -0.130. The van der Waals surface area contributed by atoms with E-state index in [-0.39, 0.29) is 11.9 Å². The van der Waals surface area contributed by atoms with Crippen molar-refractivity contribution in [1.29, 1.82) is 0 Å². The second kappa shape index (κ2) is 7.37. The Labute approximate surface area is 144 Å². The number of rotatable bonds is 5. The van der Waals surface area contributed by atoms with E-state index >= 15 is 0 Å². The van der Waals surface area contributed by atoms with Crippen LogP contribution in [0, 0.1) is 5.92 Å². The minimum Gasteiger partial charge on any atom is -0.379 e. The van der Waals surface area contributed by atoms with E-state index < -0.39 is 5.54 Å². The quantitative estimate of drug-likeness (QED) is 0.734. The first kappa shape index (κ1) is 17.6. The van der Waals surface area contributed by atoms with Gasteiger partial charge in [0.15, 0.2) is 0 Å². The standard InChI is InChI=1S/C17H30N4O3/c1-17(2)15(22)21(16(23)18-17)7-6-19-5-3-4-14(12-19)13-20-8-10-24-11-9-20/h14H,3-13H2,1-2H3,(H,18,23)/t14-/m0/s1. The van der Waals surface area contributed by atoms with E-state index in [1.807, 2.05) is 0 Å². The molecule has 0 aliphatic carbocycles. The lowest BCUT2D eigenvalue weighted by Crippen LogP contribution is -2.47. The molecule has 3 fully saturated rings. The first-order valence-corrected chi connectivity index (χ1v) is 9.12. The van der Waals surface area contributed by atoms with Crippen molar-refractivity contribution in [3.63, 3.8) is 0 Å². The molecule has 1 atom stereocenters. The maximum absolute atomic E-state index is 12.2. The van der Waals surface area contributed by atoms with Crippen molar-refractivity contribution in [3.05, 3.63) is 0 Å². The smallest absolute Gasteiger partial charge is 0.325 e.